The van der Waals surface area contributed by atoms with Gasteiger partial charge in [0.15, 0.2) is 5.82 Å². The SMILES string of the molecule is CCc1nc([C@H]2CCCN2C(=O)[C@@H]2CCC(=O)N2)no1. The molecule has 2 aliphatic rings. The molecular formula is C13H18N4O3. The van der Waals surface area contributed by atoms with Crippen LogP contribution in [0.4, 0.5) is 0 Å². The number of nitrogens with one attached hydrogen (secondary N) is 1. The van der Waals surface area contributed by atoms with Crippen molar-refractivity contribution in [3.05, 3.63) is 11.7 Å². The first kappa shape index (κ1) is 13.1. The molecular weight excluding hydrogens is 260 g/mol. The minimum atomic E-state index is -0.388. The van der Waals surface area contributed by atoms with E-state index in [1.165, 1.54) is 0 Å². The van der Waals surface area contributed by atoms with E-state index >= 15 is 0 Å². The number of nitrogens with zero attached hydrogens (tertiary/aromatic N) is 3. The zero-order valence-electron chi connectivity index (χ0n) is 11.5. The Hall–Kier alpha value is -1.92. The smallest absolute Gasteiger partial charge is 0.245 e. The van der Waals surface area contributed by atoms with Crippen LogP contribution in [0.3, 0.4) is 0 Å². The molecule has 0 unspecified atom stereocenters. The molecule has 3 heterocycles. The fourth-order valence-corrected chi connectivity index (χ4v) is 2.85. The van der Waals surface area contributed by atoms with Crippen LogP contribution in [0.15, 0.2) is 4.52 Å². The lowest BCUT2D eigenvalue weighted by atomic mass is 10.1. The van der Waals surface area contributed by atoms with E-state index in [4.69, 9.17) is 4.52 Å². The molecule has 20 heavy (non-hydrogen) atoms. The number of aryl methyl sites for hydroxylation is 1. The van der Waals surface area contributed by atoms with Gasteiger partial charge in [0, 0.05) is 19.4 Å². The lowest BCUT2D eigenvalue weighted by Crippen LogP contribution is -2.44. The van der Waals surface area contributed by atoms with E-state index in [-0.39, 0.29) is 23.9 Å². The van der Waals surface area contributed by atoms with Crippen LogP contribution in [0, 0.1) is 0 Å². The van der Waals surface area contributed by atoms with Crippen molar-refractivity contribution in [1.29, 1.82) is 0 Å². The van der Waals surface area contributed by atoms with E-state index in [2.05, 4.69) is 15.5 Å². The van der Waals surface area contributed by atoms with Gasteiger partial charge in [0.2, 0.25) is 17.7 Å². The highest BCUT2D eigenvalue weighted by Gasteiger charge is 2.38. The van der Waals surface area contributed by atoms with Gasteiger partial charge < -0.3 is 14.7 Å². The Morgan fingerprint density at radius 3 is 3.00 bits per heavy atom. The number of amides is 2. The molecule has 0 spiro atoms. The van der Waals surface area contributed by atoms with E-state index < -0.39 is 0 Å². The molecule has 2 saturated heterocycles. The molecule has 2 amide bonds. The molecule has 7 nitrogen and oxygen atoms in total. The van der Waals surface area contributed by atoms with E-state index in [0.29, 0.717) is 37.5 Å². The fourth-order valence-electron chi connectivity index (χ4n) is 2.85. The molecule has 1 aromatic heterocycles. The second kappa shape index (κ2) is 5.22. The maximum atomic E-state index is 12.5. The Morgan fingerprint density at radius 1 is 1.50 bits per heavy atom. The van der Waals surface area contributed by atoms with Crippen LogP contribution in [0.5, 0.6) is 0 Å². The third-order valence-corrected chi connectivity index (χ3v) is 3.91. The summed E-state index contributed by atoms with van der Waals surface area (Å²) >= 11 is 0. The number of hydrogen-bond acceptors (Lipinski definition) is 5. The molecule has 1 aromatic rings. The lowest BCUT2D eigenvalue weighted by molar-refractivity contribution is -0.135. The van der Waals surface area contributed by atoms with Crippen molar-refractivity contribution in [3.63, 3.8) is 0 Å². The Balaban J connectivity index is 1.75. The molecule has 7 heteroatoms. The van der Waals surface area contributed by atoms with Crippen molar-refractivity contribution < 1.29 is 14.1 Å². The van der Waals surface area contributed by atoms with Gasteiger partial charge in [-0.1, -0.05) is 12.1 Å². The first-order valence-electron chi connectivity index (χ1n) is 7.11. The quantitative estimate of drug-likeness (QED) is 0.873. The highest BCUT2D eigenvalue weighted by atomic mass is 16.5. The summed E-state index contributed by atoms with van der Waals surface area (Å²) in [6, 6.07) is -0.510. The largest absolute Gasteiger partial charge is 0.344 e. The number of carbonyl (C=O) groups is 2. The molecule has 2 aliphatic heterocycles. The van der Waals surface area contributed by atoms with Crippen LogP contribution < -0.4 is 5.32 Å². The summed E-state index contributed by atoms with van der Waals surface area (Å²) in [7, 11) is 0. The number of likely N-dealkylation sites (tertiary alicyclic amines) is 1. The minimum absolute atomic E-state index is 0.0267. The molecule has 108 valence electrons. The predicted octanol–water partition coefficient (Wildman–Crippen LogP) is 0.574. The summed E-state index contributed by atoms with van der Waals surface area (Å²) in [5.74, 6) is 1.10. The van der Waals surface area contributed by atoms with Gasteiger partial charge in [0.1, 0.15) is 6.04 Å². The van der Waals surface area contributed by atoms with Crippen molar-refractivity contribution in [3.8, 4) is 0 Å². The number of aromatic nitrogens is 2. The van der Waals surface area contributed by atoms with Crippen molar-refractivity contribution >= 4 is 11.8 Å². The molecule has 2 atom stereocenters. The molecule has 0 saturated carbocycles. The maximum Gasteiger partial charge on any atom is 0.245 e. The molecule has 3 rings (SSSR count). The molecule has 0 radical (unpaired) electrons. The first-order chi connectivity index (χ1) is 9.69. The average Bonchev–Trinajstić information content (AvgIpc) is 3.17. The minimum Gasteiger partial charge on any atom is -0.344 e. The molecule has 0 aromatic carbocycles. The summed E-state index contributed by atoms with van der Waals surface area (Å²) < 4.78 is 5.13. The Bertz CT molecular complexity index is 527. The first-order valence-corrected chi connectivity index (χ1v) is 7.11. The third kappa shape index (κ3) is 2.28. The van der Waals surface area contributed by atoms with E-state index in [0.717, 1.165) is 12.8 Å². The topological polar surface area (TPSA) is 88.3 Å². The third-order valence-electron chi connectivity index (χ3n) is 3.91. The van der Waals surface area contributed by atoms with Gasteiger partial charge in [-0.15, -0.1) is 0 Å². The van der Waals surface area contributed by atoms with Crippen LogP contribution >= 0.6 is 0 Å². The second-order valence-electron chi connectivity index (χ2n) is 5.25. The summed E-state index contributed by atoms with van der Waals surface area (Å²) in [6.07, 6.45) is 3.46. The van der Waals surface area contributed by atoms with Crippen molar-refractivity contribution in [2.75, 3.05) is 6.54 Å². The van der Waals surface area contributed by atoms with Gasteiger partial charge >= 0.3 is 0 Å². The maximum absolute atomic E-state index is 12.5. The van der Waals surface area contributed by atoms with E-state index in [1.807, 2.05) is 6.92 Å². The van der Waals surface area contributed by atoms with Crippen LogP contribution in [0.25, 0.3) is 0 Å². The standard InChI is InChI=1S/C13H18N4O3/c1-2-11-15-12(16-20-11)9-4-3-7-17(9)13(19)8-5-6-10(18)14-8/h8-9H,2-7H2,1H3,(H,14,18)/t8-,9+/m0/s1. The Morgan fingerprint density at radius 2 is 2.35 bits per heavy atom. The highest BCUT2D eigenvalue weighted by molar-refractivity contribution is 5.91. The van der Waals surface area contributed by atoms with Crippen LogP contribution in [0.1, 0.15) is 50.4 Å². The predicted molar refractivity (Wildman–Crippen MR) is 68.5 cm³/mol. The average molecular weight is 278 g/mol. The van der Waals surface area contributed by atoms with Gasteiger partial charge in [-0.2, -0.15) is 4.98 Å². The van der Waals surface area contributed by atoms with Crippen molar-refractivity contribution in [1.82, 2.24) is 20.4 Å². The van der Waals surface area contributed by atoms with Crippen LogP contribution in [0.2, 0.25) is 0 Å². The Kier molecular flexibility index (Phi) is 3.42. The normalized spacial score (nSPS) is 26.1. The van der Waals surface area contributed by atoms with Gasteiger partial charge in [-0.25, -0.2) is 0 Å². The monoisotopic (exact) mass is 278 g/mol. The molecule has 2 fully saturated rings. The van der Waals surface area contributed by atoms with Crippen LogP contribution in [-0.2, 0) is 16.0 Å². The number of rotatable bonds is 3. The summed E-state index contributed by atoms with van der Waals surface area (Å²) in [4.78, 5) is 29.8. The van der Waals surface area contributed by atoms with Gasteiger partial charge in [0.25, 0.3) is 0 Å². The van der Waals surface area contributed by atoms with Gasteiger partial charge in [-0.3, -0.25) is 9.59 Å². The summed E-state index contributed by atoms with van der Waals surface area (Å²) in [6.45, 7) is 2.63. The summed E-state index contributed by atoms with van der Waals surface area (Å²) in [5.41, 5.74) is 0. The molecule has 0 aliphatic carbocycles. The zero-order valence-corrected chi connectivity index (χ0v) is 11.5. The van der Waals surface area contributed by atoms with E-state index in [1.54, 1.807) is 4.90 Å². The zero-order chi connectivity index (χ0) is 14.1. The fraction of sp³-hybridized carbons (Fsp3) is 0.692. The highest BCUT2D eigenvalue weighted by Crippen LogP contribution is 2.31. The number of hydrogen-bond donors (Lipinski definition) is 1. The van der Waals surface area contributed by atoms with Crippen LogP contribution in [-0.4, -0.2) is 39.4 Å². The number of carbonyl (C=O) groups excluding carboxylic acids is 2. The molecule has 0 bridgehead atoms. The van der Waals surface area contributed by atoms with E-state index in [9.17, 15) is 9.59 Å². The van der Waals surface area contributed by atoms with Crippen molar-refractivity contribution in [2.24, 2.45) is 0 Å². The molecule has 1 N–H and O–H groups in total. The van der Waals surface area contributed by atoms with Crippen molar-refractivity contribution in [2.45, 2.75) is 51.1 Å². The lowest BCUT2D eigenvalue weighted by Gasteiger charge is -2.25. The summed E-state index contributed by atoms with van der Waals surface area (Å²) in [5, 5.41) is 6.70. The van der Waals surface area contributed by atoms with Gasteiger partial charge in [-0.05, 0) is 19.3 Å². The Labute approximate surface area is 116 Å². The second-order valence-corrected chi connectivity index (χ2v) is 5.25. The van der Waals surface area contributed by atoms with Gasteiger partial charge in [0.05, 0.1) is 6.04 Å².